The summed E-state index contributed by atoms with van der Waals surface area (Å²) in [5.41, 5.74) is 7.87. The van der Waals surface area contributed by atoms with Gasteiger partial charge in [-0.25, -0.2) is 0 Å². The van der Waals surface area contributed by atoms with Gasteiger partial charge in [-0.05, 0) is 25.0 Å². The van der Waals surface area contributed by atoms with E-state index in [-0.39, 0.29) is 0 Å². The second-order valence-electron chi connectivity index (χ2n) is 3.37. The molecule has 1 aliphatic rings. The Morgan fingerprint density at radius 1 is 1.38 bits per heavy atom. The minimum Gasteiger partial charge on any atom is -0.370 e. The van der Waals surface area contributed by atoms with E-state index in [1.807, 2.05) is 12.3 Å². The molecule has 70 valence electrons. The van der Waals surface area contributed by atoms with Crippen LogP contribution in [0.4, 0.5) is 5.69 Å². The molecule has 0 aromatic carbocycles. The first-order valence-electron chi connectivity index (χ1n) is 4.81. The molecule has 1 aromatic heterocycles. The Morgan fingerprint density at radius 3 is 2.85 bits per heavy atom. The predicted molar refractivity (Wildman–Crippen MR) is 53.6 cm³/mol. The van der Waals surface area contributed by atoms with Crippen molar-refractivity contribution in [3.63, 3.8) is 0 Å². The van der Waals surface area contributed by atoms with Gasteiger partial charge in [0.2, 0.25) is 0 Å². The lowest BCUT2D eigenvalue weighted by atomic mass is 10.2. The third-order valence-corrected chi connectivity index (χ3v) is 2.51. The molecule has 0 aliphatic carbocycles. The van der Waals surface area contributed by atoms with Crippen molar-refractivity contribution in [2.75, 3.05) is 18.0 Å². The first-order valence-corrected chi connectivity index (χ1v) is 4.81. The van der Waals surface area contributed by atoms with Crippen molar-refractivity contribution >= 4 is 5.69 Å². The molecule has 0 unspecified atom stereocenters. The van der Waals surface area contributed by atoms with Crippen molar-refractivity contribution in [1.82, 2.24) is 4.98 Å². The lowest BCUT2D eigenvalue weighted by Gasteiger charge is -2.19. The van der Waals surface area contributed by atoms with Gasteiger partial charge in [0.25, 0.3) is 0 Å². The predicted octanol–water partition coefficient (Wildman–Crippen LogP) is 1.14. The maximum absolute atomic E-state index is 5.63. The smallest absolute Gasteiger partial charge is 0.0772 e. The van der Waals surface area contributed by atoms with E-state index in [1.165, 1.54) is 18.5 Å². The highest BCUT2D eigenvalue weighted by Crippen LogP contribution is 2.22. The lowest BCUT2D eigenvalue weighted by Crippen LogP contribution is -2.20. The van der Waals surface area contributed by atoms with Gasteiger partial charge in [-0.1, -0.05) is 0 Å². The molecule has 1 saturated heterocycles. The SMILES string of the molecule is NCc1ncccc1N1CCCC1. The van der Waals surface area contributed by atoms with E-state index >= 15 is 0 Å². The average Bonchev–Trinajstić information content (AvgIpc) is 2.70. The van der Waals surface area contributed by atoms with Crippen LogP contribution in [0.5, 0.6) is 0 Å². The molecule has 2 N–H and O–H groups in total. The van der Waals surface area contributed by atoms with Crippen molar-refractivity contribution in [2.45, 2.75) is 19.4 Å². The Balaban J connectivity index is 2.26. The number of pyridine rings is 1. The fourth-order valence-electron chi connectivity index (χ4n) is 1.83. The fourth-order valence-corrected chi connectivity index (χ4v) is 1.83. The van der Waals surface area contributed by atoms with E-state index in [2.05, 4.69) is 16.0 Å². The number of nitrogens with zero attached hydrogens (tertiary/aromatic N) is 2. The van der Waals surface area contributed by atoms with Crippen LogP contribution in [0.1, 0.15) is 18.5 Å². The number of hydrogen-bond donors (Lipinski definition) is 1. The van der Waals surface area contributed by atoms with Gasteiger partial charge in [-0.3, -0.25) is 4.98 Å². The summed E-state index contributed by atoms with van der Waals surface area (Å²) in [5.74, 6) is 0. The monoisotopic (exact) mass is 177 g/mol. The summed E-state index contributed by atoms with van der Waals surface area (Å²) in [4.78, 5) is 6.65. The summed E-state index contributed by atoms with van der Waals surface area (Å²) in [6, 6.07) is 4.09. The molecule has 0 bridgehead atoms. The first kappa shape index (κ1) is 8.51. The van der Waals surface area contributed by atoms with Gasteiger partial charge in [-0.15, -0.1) is 0 Å². The van der Waals surface area contributed by atoms with Gasteiger partial charge in [0, 0.05) is 25.8 Å². The summed E-state index contributed by atoms with van der Waals surface area (Å²) in [7, 11) is 0. The number of nitrogens with two attached hydrogens (primary N) is 1. The van der Waals surface area contributed by atoms with Gasteiger partial charge < -0.3 is 10.6 Å². The van der Waals surface area contributed by atoms with Gasteiger partial charge in [0.15, 0.2) is 0 Å². The Morgan fingerprint density at radius 2 is 2.15 bits per heavy atom. The van der Waals surface area contributed by atoms with Crippen LogP contribution in [-0.2, 0) is 6.54 Å². The summed E-state index contributed by atoms with van der Waals surface area (Å²) < 4.78 is 0. The molecular weight excluding hydrogens is 162 g/mol. The molecular formula is C10H15N3. The van der Waals surface area contributed by atoms with E-state index in [4.69, 9.17) is 5.73 Å². The third kappa shape index (κ3) is 1.65. The van der Waals surface area contributed by atoms with Gasteiger partial charge >= 0.3 is 0 Å². The van der Waals surface area contributed by atoms with Gasteiger partial charge in [0.05, 0.1) is 11.4 Å². The average molecular weight is 177 g/mol. The standard InChI is InChI=1S/C10H15N3/c11-8-9-10(4-3-5-12-9)13-6-1-2-7-13/h3-5H,1-2,6-8,11H2. The topological polar surface area (TPSA) is 42.1 Å². The van der Waals surface area contributed by atoms with Crippen LogP contribution >= 0.6 is 0 Å². The zero-order valence-corrected chi connectivity index (χ0v) is 7.74. The highest BCUT2D eigenvalue weighted by molar-refractivity contribution is 5.50. The molecule has 1 aromatic rings. The second kappa shape index (κ2) is 3.75. The minimum atomic E-state index is 0.534. The fraction of sp³-hybridized carbons (Fsp3) is 0.500. The van der Waals surface area contributed by atoms with E-state index in [9.17, 15) is 0 Å². The number of anilines is 1. The number of hydrogen-bond acceptors (Lipinski definition) is 3. The summed E-state index contributed by atoms with van der Waals surface area (Å²) >= 11 is 0. The van der Waals surface area contributed by atoms with Crippen LogP contribution in [-0.4, -0.2) is 18.1 Å². The number of aromatic nitrogens is 1. The summed E-state index contributed by atoms with van der Waals surface area (Å²) in [5, 5.41) is 0. The molecule has 3 nitrogen and oxygen atoms in total. The minimum absolute atomic E-state index is 0.534. The summed E-state index contributed by atoms with van der Waals surface area (Å²) in [6.07, 6.45) is 4.39. The van der Waals surface area contributed by atoms with Crippen LogP contribution < -0.4 is 10.6 Å². The molecule has 0 saturated carbocycles. The zero-order chi connectivity index (χ0) is 9.10. The molecule has 13 heavy (non-hydrogen) atoms. The van der Waals surface area contributed by atoms with Gasteiger partial charge in [0.1, 0.15) is 0 Å². The summed E-state index contributed by atoms with van der Waals surface area (Å²) in [6.45, 7) is 2.84. The molecule has 0 spiro atoms. The second-order valence-corrected chi connectivity index (χ2v) is 3.37. The largest absolute Gasteiger partial charge is 0.370 e. The van der Waals surface area contributed by atoms with Crippen molar-refractivity contribution < 1.29 is 0 Å². The normalized spacial score (nSPS) is 16.5. The Kier molecular flexibility index (Phi) is 2.45. The van der Waals surface area contributed by atoms with Gasteiger partial charge in [-0.2, -0.15) is 0 Å². The Hall–Kier alpha value is -1.09. The number of rotatable bonds is 2. The quantitative estimate of drug-likeness (QED) is 0.736. The first-order chi connectivity index (χ1) is 6.42. The van der Waals surface area contributed by atoms with Crippen molar-refractivity contribution in [3.05, 3.63) is 24.0 Å². The van der Waals surface area contributed by atoms with E-state index in [0.717, 1.165) is 18.8 Å². The molecule has 3 heteroatoms. The molecule has 0 atom stereocenters. The van der Waals surface area contributed by atoms with Crippen LogP contribution in [0.3, 0.4) is 0 Å². The zero-order valence-electron chi connectivity index (χ0n) is 7.74. The van der Waals surface area contributed by atoms with E-state index in [1.54, 1.807) is 0 Å². The molecule has 0 amide bonds. The van der Waals surface area contributed by atoms with Crippen molar-refractivity contribution in [2.24, 2.45) is 5.73 Å². The lowest BCUT2D eigenvalue weighted by molar-refractivity contribution is 0.910. The Labute approximate surface area is 78.6 Å². The molecule has 1 aliphatic heterocycles. The molecule has 2 heterocycles. The maximum atomic E-state index is 5.63. The molecule has 0 radical (unpaired) electrons. The van der Waals surface area contributed by atoms with E-state index < -0.39 is 0 Å². The van der Waals surface area contributed by atoms with Crippen LogP contribution in [0, 0.1) is 0 Å². The Bertz CT molecular complexity index is 279. The van der Waals surface area contributed by atoms with Crippen LogP contribution in [0.25, 0.3) is 0 Å². The van der Waals surface area contributed by atoms with Crippen molar-refractivity contribution in [1.29, 1.82) is 0 Å². The van der Waals surface area contributed by atoms with E-state index in [0.29, 0.717) is 6.54 Å². The highest BCUT2D eigenvalue weighted by Gasteiger charge is 2.14. The van der Waals surface area contributed by atoms with Crippen LogP contribution in [0.15, 0.2) is 18.3 Å². The maximum Gasteiger partial charge on any atom is 0.0772 e. The molecule has 1 fully saturated rings. The van der Waals surface area contributed by atoms with Crippen LogP contribution in [0.2, 0.25) is 0 Å². The third-order valence-electron chi connectivity index (χ3n) is 2.51. The van der Waals surface area contributed by atoms with Crippen molar-refractivity contribution in [3.8, 4) is 0 Å². The highest BCUT2D eigenvalue weighted by atomic mass is 15.2. The molecule has 2 rings (SSSR count).